The van der Waals surface area contributed by atoms with Crippen molar-refractivity contribution in [2.75, 3.05) is 7.11 Å². The lowest BCUT2D eigenvalue weighted by Gasteiger charge is -2.09. The molecule has 0 bridgehead atoms. The first-order chi connectivity index (χ1) is 4.09. The fourth-order valence-corrected chi connectivity index (χ4v) is 0.572. The van der Waals surface area contributed by atoms with E-state index in [9.17, 15) is 4.79 Å². The van der Waals surface area contributed by atoms with Crippen molar-refractivity contribution in [3.05, 3.63) is 0 Å². The summed E-state index contributed by atoms with van der Waals surface area (Å²) in [6.07, 6.45) is 0. The molecule has 0 amide bonds. The molecule has 1 atom stereocenters. The van der Waals surface area contributed by atoms with E-state index in [4.69, 9.17) is 0 Å². The quantitative estimate of drug-likeness (QED) is 0.493. The minimum Gasteiger partial charge on any atom is -0.468 e. The van der Waals surface area contributed by atoms with Gasteiger partial charge in [-0.25, -0.2) is 0 Å². The van der Waals surface area contributed by atoms with Crippen LogP contribution in [0.1, 0.15) is 13.8 Å². The predicted molar refractivity (Wildman–Crippen MR) is 39.6 cm³/mol. The summed E-state index contributed by atoms with van der Waals surface area (Å²) in [6.45, 7) is 3.91. The van der Waals surface area contributed by atoms with Crippen molar-refractivity contribution in [3.8, 4) is 0 Å². The molecule has 54 valence electrons. The summed E-state index contributed by atoms with van der Waals surface area (Å²) in [7, 11) is 1.39. The highest BCUT2D eigenvalue weighted by atomic mass is 79.9. The average molecular weight is 195 g/mol. The van der Waals surface area contributed by atoms with E-state index in [1.807, 2.05) is 13.8 Å². The van der Waals surface area contributed by atoms with Crippen molar-refractivity contribution in [3.63, 3.8) is 0 Å². The Labute approximate surface area is 63.7 Å². The number of methoxy groups -OCH3 is 1. The maximum absolute atomic E-state index is 10.7. The number of halogens is 1. The first-order valence-corrected chi connectivity index (χ1v) is 3.73. The summed E-state index contributed by atoms with van der Waals surface area (Å²) in [5.41, 5.74) is 0. The third-order valence-electron chi connectivity index (χ3n) is 1.01. The highest BCUT2D eigenvalue weighted by Crippen LogP contribution is 2.12. The molecular formula is C6H11BrO2. The van der Waals surface area contributed by atoms with Crippen LogP contribution < -0.4 is 0 Å². The molecule has 0 aromatic heterocycles. The molecule has 0 heterocycles. The van der Waals surface area contributed by atoms with Crippen LogP contribution in [-0.4, -0.2) is 17.9 Å². The third kappa shape index (κ3) is 2.84. The van der Waals surface area contributed by atoms with Gasteiger partial charge < -0.3 is 4.74 Å². The van der Waals surface area contributed by atoms with Gasteiger partial charge in [0.05, 0.1) is 7.11 Å². The van der Waals surface area contributed by atoms with E-state index in [0.717, 1.165) is 0 Å². The first-order valence-electron chi connectivity index (χ1n) is 2.81. The zero-order valence-electron chi connectivity index (χ0n) is 5.85. The SMILES string of the molecule is COC(=O)[C@@H](Br)C(C)C. The van der Waals surface area contributed by atoms with Gasteiger partial charge in [0.15, 0.2) is 0 Å². The van der Waals surface area contributed by atoms with Crippen LogP contribution in [0.2, 0.25) is 0 Å². The number of rotatable bonds is 2. The average Bonchev–Trinajstić information content (AvgIpc) is 1.84. The minimum atomic E-state index is -0.204. The van der Waals surface area contributed by atoms with Gasteiger partial charge in [-0.1, -0.05) is 29.8 Å². The van der Waals surface area contributed by atoms with Crippen molar-refractivity contribution < 1.29 is 9.53 Å². The molecule has 9 heavy (non-hydrogen) atoms. The van der Waals surface area contributed by atoms with Crippen LogP contribution in [-0.2, 0) is 9.53 Å². The van der Waals surface area contributed by atoms with Crippen LogP contribution in [0.4, 0.5) is 0 Å². The van der Waals surface area contributed by atoms with Gasteiger partial charge in [-0.2, -0.15) is 0 Å². The number of alkyl halides is 1. The number of hydrogen-bond donors (Lipinski definition) is 0. The van der Waals surface area contributed by atoms with Gasteiger partial charge in [0.2, 0.25) is 0 Å². The largest absolute Gasteiger partial charge is 0.468 e. The highest BCUT2D eigenvalue weighted by Gasteiger charge is 2.18. The molecule has 0 saturated carbocycles. The standard InChI is InChI=1S/C6H11BrO2/c1-4(2)5(7)6(8)9-3/h4-5H,1-3H3/t5-/m0/s1. The summed E-state index contributed by atoms with van der Waals surface area (Å²) in [6, 6.07) is 0. The van der Waals surface area contributed by atoms with Crippen molar-refractivity contribution in [1.29, 1.82) is 0 Å². The minimum absolute atomic E-state index is 0.164. The number of ether oxygens (including phenoxy) is 1. The molecule has 0 spiro atoms. The second kappa shape index (κ2) is 3.88. The highest BCUT2D eigenvalue weighted by molar-refractivity contribution is 9.10. The van der Waals surface area contributed by atoms with Gasteiger partial charge in [-0.05, 0) is 5.92 Å². The molecule has 0 saturated heterocycles. The molecule has 0 aliphatic heterocycles. The van der Waals surface area contributed by atoms with Crippen molar-refractivity contribution in [2.24, 2.45) is 5.92 Å². The van der Waals surface area contributed by atoms with Crippen molar-refractivity contribution in [1.82, 2.24) is 0 Å². The fraction of sp³-hybridized carbons (Fsp3) is 0.833. The predicted octanol–water partition coefficient (Wildman–Crippen LogP) is 1.58. The number of esters is 1. The molecule has 0 aliphatic carbocycles. The monoisotopic (exact) mass is 194 g/mol. The first kappa shape index (κ1) is 8.95. The number of hydrogen-bond acceptors (Lipinski definition) is 2. The lowest BCUT2D eigenvalue weighted by atomic mass is 10.1. The Balaban J connectivity index is 3.72. The van der Waals surface area contributed by atoms with Crippen LogP contribution >= 0.6 is 15.9 Å². The Morgan fingerprint density at radius 1 is 1.56 bits per heavy atom. The Morgan fingerprint density at radius 3 is 2.11 bits per heavy atom. The molecule has 0 N–H and O–H groups in total. The second-order valence-electron chi connectivity index (χ2n) is 2.17. The normalized spacial score (nSPS) is 13.4. The van der Waals surface area contributed by atoms with Gasteiger partial charge in [-0.15, -0.1) is 0 Å². The van der Waals surface area contributed by atoms with Gasteiger partial charge in [0.25, 0.3) is 0 Å². The lowest BCUT2D eigenvalue weighted by molar-refractivity contribution is -0.140. The molecular weight excluding hydrogens is 184 g/mol. The van der Waals surface area contributed by atoms with E-state index < -0.39 is 0 Å². The lowest BCUT2D eigenvalue weighted by Crippen LogP contribution is -2.20. The van der Waals surface area contributed by atoms with E-state index >= 15 is 0 Å². The molecule has 0 rings (SSSR count). The van der Waals surface area contributed by atoms with E-state index in [-0.39, 0.29) is 16.7 Å². The van der Waals surface area contributed by atoms with Crippen LogP contribution in [0.3, 0.4) is 0 Å². The Bertz CT molecular complexity index is 101. The zero-order valence-corrected chi connectivity index (χ0v) is 7.44. The molecule has 0 radical (unpaired) electrons. The summed E-state index contributed by atoms with van der Waals surface area (Å²) in [5.74, 6) is 0.0856. The summed E-state index contributed by atoms with van der Waals surface area (Å²) in [4.78, 5) is 10.5. The topological polar surface area (TPSA) is 26.3 Å². The van der Waals surface area contributed by atoms with Gasteiger partial charge in [0.1, 0.15) is 4.83 Å². The van der Waals surface area contributed by atoms with Crippen LogP contribution in [0.25, 0.3) is 0 Å². The van der Waals surface area contributed by atoms with Crippen molar-refractivity contribution >= 4 is 21.9 Å². The fourth-order valence-electron chi connectivity index (χ4n) is 0.385. The maximum atomic E-state index is 10.7. The third-order valence-corrected chi connectivity index (χ3v) is 2.44. The molecule has 0 aromatic rings. The molecule has 2 nitrogen and oxygen atoms in total. The number of carbonyl (C=O) groups is 1. The van der Waals surface area contributed by atoms with E-state index in [1.54, 1.807) is 0 Å². The van der Waals surface area contributed by atoms with Crippen LogP contribution in [0, 0.1) is 5.92 Å². The zero-order chi connectivity index (χ0) is 7.44. The smallest absolute Gasteiger partial charge is 0.319 e. The van der Waals surface area contributed by atoms with Crippen LogP contribution in [0.15, 0.2) is 0 Å². The summed E-state index contributed by atoms with van der Waals surface area (Å²) in [5, 5.41) is 0. The molecule has 0 unspecified atom stereocenters. The molecule has 0 fully saturated rings. The van der Waals surface area contributed by atoms with E-state index in [1.165, 1.54) is 7.11 Å². The Hall–Kier alpha value is -0.0500. The van der Waals surface area contributed by atoms with Gasteiger partial charge in [0, 0.05) is 0 Å². The van der Waals surface area contributed by atoms with E-state index in [0.29, 0.717) is 0 Å². The van der Waals surface area contributed by atoms with Crippen LogP contribution in [0.5, 0.6) is 0 Å². The molecule has 0 aromatic carbocycles. The maximum Gasteiger partial charge on any atom is 0.319 e. The van der Waals surface area contributed by atoms with Gasteiger partial charge >= 0.3 is 5.97 Å². The Kier molecular flexibility index (Phi) is 3.86. The second-order valence-corrected chi connectivity index (χ2v) is 3.16. The Morgan fingerprint density at radius 2 is 2.00 bits per heavy atom. The van der Waals surface area contributed by atoms with E-state index in [2.05, 4.69) is 20.7 Å². The van der Waals surface area contributed by atoms with Crippen molar-refractivity contribution in [2.45, 2.75) is 18.7 Å². The van der Waals surface area contributed by atoms with Gasteiger partial charge in [-0.3, -0.25) is 4.79 Å². The summed E-state index contributed by atoms with van der Waals surface area (Å²) >= 11 is 3.19. The summed E-state index contributed by atoms with van der Waals surface area (Å²) < 4.78 is 4.49. The molecule has 3 heteroatoms. The molecule has 0 aliphatic rings. The number of carbonyl (C=O) groups excluding carboxylic acids is 1.